The van der Waals surface area contributed by atoms with Crippen LogP contribution >= 0.6 is 11.6 Å². The van der Waals surface area contributed by atoms with Gasteiger partial charge in [0.1, 0.15) is 11.4 Å². The van der Waals surface area contributed by atoms with Gasteiger partial charge in [-0.05, 0) is 25.1 Å². The van der Waals surface area contributed by atoms with Gasteiger partial charge in [0.2, 0.25) is 5.76 Å². The number of esters is 1. The second kappa shape index (κ2) is 8.20. The summed E-state index contributed by atoms with van der Waals surface area (Å²) < 4.78 is 16.0. The molecule has 0 fully saturated rings. The molecule has 1 atom stereocenters. The third-order valence-corrected chi connectivity index (χ3v) is 4.03. The van der Waals surface area contributed by atoms with E-state index in [9.17, 15) is 9.59 Å². The highest BCUT2D eigenvalue weighted by molar-refractivity contribution is 6.30. The van der Waals surface area contributed by atoms with E-state index in [4.69, 9.17) is 25.5 Å². The Balaban J connectivity index is 1.74. The number of rotatable bonds is 6. The molecule has 0 aliphatic heterocycles. The number of amides is 1. The molecule has 140 valence electrons. The van der Waals surface area contributed by atoms with Crippen LogP contribution in [0.4, 0.5) is 5.82 Å². The van der Waals surface area contributed by atoms with Crippen molar-refractivity contribution < 1.29 is 23.5 Å². The summed E-state index contributed by atoms with van der Waals surface area (Å²) in [5.41, 5.74) is 1.11. The first kappa shape index (κ1) is 18.9. The Morgan fingerprint density at radius 3 is 2.74 bits per heavy atom. The number of nitrogens with one attached hydrogen (secondary N) is 1. The van der Waals surface area contributed by atoms with Crippen LogP contribution in [-0.2, 0) is 20.9 Å². The molecule has 8 heteroatoms. The Bertz CT molecular complexity index is 968. The Morgan fingerprint density at radius 1 is 1.26 bits per heavy atom. The van der Waals surface area contributed by atoms with Crippen molar-refractivity contribution in [2.75, 3.05) is 12.4 Å². The van der Waals surface area contributed by atoms with Crippen molar-refractivity contribution in [3.8, 4) is 0 Å². The quantitative estimate of drug-likeness (QED) is 0.646. The lowest BCUT2D eigenvalue weighted by atomic mass is 10.1. The largest absolute Gasteiger partial charge is 0.449 e. The van der Waals surface area contributed by atoms with Crippen LogP contribution < -0.4 is 5.32 Å². The first-order valence-electron chi connectivity index (χ1n) is 8.12. The highest BCUT2D eigenvalue weighted by Gasteiger charge is 2.26. The Morgan fingerprint density at radius 2 is 2.04 bits per heavy atom. The van der Waals surface area contributed by atoms with Gasteiger partial charge in [0.15, 0.2) is 6.10 Å². The van der Waals surface area contributed by atoms with Crippen LogP contribution in [0.3, 0.4) is 0 Å². The van der Waals surface area contributed by atoms with Gasteiger partial charge in [-0.2, -0.15) is 0 Å². The zero-order valence-electron chi connectivity index (χ0n) is 14.7. The maximum absolute atomic E-state index is 12.5. The van der Waals surface area contributed by atoms with Crippen LogP contribution in [0.25, 0.3) is 11.0 Å². The number of carbonyl (C=O) groups excluding carboxylic acids is 2. The van der Waals surface area contributed by atoms with Crippen molar-refractivity contribution in [2.24, 2.45) is 0 Å². The average molecular weight is 389 g/mol. The number of furan rings is 1. The smallest absolute Gasteiger partial charge is 0.375 e. The van der Waals surface area contributed by atoms with E-state index in [1.807, 2.05) is 12.1 Å². The number of ether oxygens (including phenoxy) is 2. The fraction of sp³-hybridized carbons (Fsp3) is 0.211. The zero-order valence-corrected chi connectivity index (χ0v) is 15.4. The summed E-state index contributed by atoms with van der Waals surface area (Å²) in [5.74, 6) is -0.953. The highest BCUT2D eigenvalue weighted by Crippen LogP contribution is 2.27. The number of hydrogen-bond acceptors (Lipinski definition) is 6. The fourth-order valence-corrected chi connectivity index (χ4v) is 2.61. The normalized spacial score (nSPS) is 12.0. The van der Waals surface area contributed by atoms with Crippen LogP contribution in [0.2, 0.25) is 5.02 Å². The van der Waals surface area contributed by atoms with Crippen molar-refractivity contribution in [2.45, 2.75) is 19.6 Å². The van der Waals surface area contributed by atoms with Gasteiger partial charge >= 0.3 is 5.97 Å². The minimum absolute atomic E-state index is 0.0160. The monoisotopic (exact) mass is 388 g/mol. The van der Waals surface area contributed by atoms with Crippen LogP contribution in [0.5, 0.6) is 0 Å². The highest BCUT2D eigenvalue weighted by atomic mass is 35.5. The van der Waals surface area contributed by atoms with Crippen molar-refractivity contribution in [3.05, 3.63) is 58.9 Å². The van der Waals surface area contributed by atoms with E-state index in [0.29, 0.717) is 22.0 Å². The zero-order chi connectivity index (χ0) is 19.4. The third kappa shape index (κ3) is 4.27. The van der Waals surface area contributed by atoms with Crippen LogP contribution in [-0.4, -0.2) is 30.1 Å². The van der Waals surface area contributed by atoms with E-state index >= 15 is 0 Å². The van der Waals surface area contributed by atoms with E-state index in [2.05, 4.69) is 10.3 Å². The average Bonchev–Trinajstić information content (AvgIpc) is 3.03. The van der Waals surface area contributed by atoms with Gasteiger partial charge < -0.3 is 19.2 Å². The molecule has 0 unspecified atom stereocenters. The molecule has 0 aliphatic carbocycles. The minimum atomic E-state index is -1.06. The number of pyridine rings is 1. The predicted molar refractivity (Wildman–Crippen MR) is 99.7 cm³/mol. The molecule has 0 radical (unpaired) electrons. The van der Waals surface area contributed by atoms with Gasteiger partial charge in [0, 0.05) is 24.3 Å². The predicted octanol–water partition coefficient (Wildman–Crippen LogP) is 3.81. The standard InChI is InChI=1S/C19H17ClN2O5/c1-11(18(23)22-16-8-7-12(20)9-21-16)26-19(24)17-14(10-25-2)13-5-3-4-6-15(13)27-17/h3-9,11H,10H2,1-2H3,(H,21,22,23)/t11-/m0/s1. The number of halogens is 1. The SMILES string of the molecule is COCc1c(C(=O)O[C@@H](C)C(=O)Nc2ccc(Cl)cn2)oc2ccccc12. The lowest BCUT2D eigenvalue weighted by Crippen LogP contribution is -2.30. The summed E-state index contributed by atoms with van der Waals surface area (Å²) in [6.45, 7) is 1.64. The summed E-state index contributed by atoms with van der Waals surface area (Å²) >= 11 is 5.76. The second-order valence-corrected chi connectivity index (χ2v) is 6.17. The molecule has 0 saturated heterocycles. The van der Waals surface area contributed by atoms with Gasteiger partial charge in [-0.3, -0.25) is 4.79 Å². The van der Waals surface area contributed by atoms with Crippen LogP contribution in [0.15, 0.2) is 47.0 Å². The molecule has 7 nitrogen and oxygen atoms in total. The Labute approximate surface area is 160 Å². The maximum atomic E-state index is 12.5. The first-order valence-corrected chi connectivity index (χ1v) is 8.50. The van der Waals surface area contributed by atoms with E-state index in [1.54, 1.807) is 24.3 Å². The third-order valence-electron chi connectivity index (χ3n) is 3.80. The summed E-state index contributed by atoms with van der Waals surface area (Å²) in [4.78, 5) is 28.7. The van der Waals surface area contributed by atoms with Gasteiger partial charge in [-0.25, -0.2) is 9.78 Å². The number of hydrogen-bond donors (Lipinski definition) is 1. The number of anilines is 1. The number of carbonyl (C=O) groups is 2. The molecule has 1 N–H and O–H groups in total. The number of fused-ring (bicyclic) bond motifs is 1. The molecule has 0 saturated carbocycles. The number of benzene rings is 1. The summed E-state index contributed by atoms with van der Waals surface area (Å²) in [5, 5.41) is 3.76. The van der Waals surface area contributed by atoms with Crippen LogP contribution in [0.1, 0.15) is 23.0 Å². The summed E-state index contributed by atoms with van der Waals surface area (Å²) in [6.07, 6.45) is 0.345. The molecule has 27 heavy (non-hydrogen) atoms. The molecule has 3 aromatic rings. The lowest BCUT2D eigenvalue weighted by molar-refractivity contribution is -0.123. The van der Waals surface area contributed by atoms with Gasteiger partial charge in [0.05, 0.1) is 11.6 Å². The molecular formula is C19H17ClN2O5. The lowest BCUT2D eigenvalue weighted by Gasteiger charge is -2.12. The molecule has 1 amide bonds. The maximum Gasteiger partial charge on any atom is 0.375 e. The molecule has 2 heterocycles. The first-order chi connectivity index (χ1) is 13.0. The summed E-state index contributed by atoms with van der Waals surface area (Å²) in [7, 11) is 1.52. The number of nitrogens with zero attached hydrogens (tertiary/aromatic N) is 1. The molecule has 0 spiro atoms. The minimum Gasteiger partial charge on any atom is -0.449 e. The van der Waals surface area contributed by atoms with Crippen molar-refractivity contribution >= 4 is 40.3 Å². The summed E-state index contributed by atoms with van der Waals surface area (Å²) in [6, 6.07) is 10.3. The van der Waals surface area contributed by atoms with Crippen molar-refractivity contribution in [1.82, 2.24) is 4.98 Å². The molecular weight excluding hydrogens is 372 g/mol. The number of methoxy groups -OCH3 is 1. The van der Waals surface area contributed by atoms with Crippen molar-refractivity contribution in [1.29, 1.82) is 0 Å². The van der Waals surface area contributed by atoms with Gasteiger partial charge in [-0.1, -0.05) is 29.8 Å². The fourth-order valence-electron chi connectivity index (χ4n) is 2.50. The Kier molecular flexibility index (Phi) is 5.73. The molecule has 3 rings (SSSR count). The Hall–Kier alpha value is -2.90. The molecule has 2 aromatic heterocycles. The van der Waals surface area contributed by atoms with E-state index in [1.165, 1.54) is 20.2 Å². The van der Waals surface area contributed by atoms with Crippen LogP contribution in [0, 0.1) is 0 Å². The molecule has 1 aromatic carbocycles. The number of para-hydroxylation sites is 1. The topological polar surface area (TPSA) is 90.7 Å². The van der Waals surface area contributed by atoms with Gasteiger partial charge in [0.25, 0.3) is 5.91 Å². The van der Waals surface area contributed by atoms with Crippen molar-refractivity contribution in [3.63, 3.8) is 0 Å². The van der Waals surface area contributed by atoms with E-state index < -0.39 is 18.0 Å². The van der Waals surface area contributed by atoms with E-state index in [-0.39, 0.29) is 12.4 Å². The molecule has 0 aliphatic rings. The number of aromatic nitrogens is 1. The van der Waals surface area contributed by atoms with Gasteiger partial charge in [-0.15, -0.1) is 0 Å². The van der Waals surface area contributed by atoms with E-state index in [0.717, 1.165) is 5.39 Å². The molecule has 0 bridgehead atoms. The second-order valence-electron chi connectivity index (χ2n) is 5.74.